The van der Waals surface area contributed by atoms with Crippen molar-refractivity contribution in [2.45, 2.75) is 67.9 Å². The summed E-state index contributed by atoms with van der Waals surface area (Å²) in [6.45, 7) is 6.08. The topological polar surface area (TPSA) is 64.0 Å². The van der Waals surface area contributed by atoms with Crippen molar-refractivity contribution in [3.05, 3.63) is 69.3 Å². The molecule has 0 unspecified atom stereocenters. The van der Waals surface area contributed by atoms with Crippen molar-refractivity contribution in [2.24, 2.45) is 0 Å². The minimum Gasteiger partial charge on any atom is -0.348 e. The largest absolute Gasteiger partial charge is 0.348 e. The molecule has 0 radical (unpaired) electrons. The number of rotatable bonds is 7. The lowest BCUT2D eigenvalue weighted by atomic mass is 9.88. The van der Waals surface area contributed by atoms with Gasteiger partial charge in [0.15, 0.2) is 5.16 Å². The highest BCUT2D eigenvalue weighted by molar-refractivity contribution is 8.00. The van der Waals surface area contributed by atoms with Gasteiger partial charge in [0.1, 0.15) is 4.83 Å². The van der Waals surface area contributed by atoms with Crippen LogP contribution in [0.2, 0.25) is 0 Å². The van der Waals surface area contributed by atoms with Gasteiger partial charge in [-0.15, -0.1) is 17.9 Å². The first-order valence-electron chi connectivity index (χ1n) is 11.2. The molecule has 0 aliphatic heterocycles. The van der Waals surface area contributed by atoms with Crippen LogP contribution in [0.4, 0.5) is 0 Å². The van der Waals surface area contributed by atoms with Crippen molar-refractivity contribution in [3.8, 4) is 0 Å². The number of aromatic nitrogens is 2. The van der Waals surface area contributed by atoms with Crippen molar-refractivity contribution in [1.82, 2.24) is 14.9 Å². The molecular weight excluding hydrogens is 438 g/mol. The number of hydrogen-bond acceptors (Lipinski definition) is 5. The predicted octanol–water partition coefficient (Wildman–Crippen LogP) is 5.20. The van der Waals surface area contributed by atoms with E-state index >= 15 is 0 Å². The van der Waals surface area contributed by atoms with Crippen LogP contribution in [0.15, 0.2) is 52.3 Å². The first-order chi connectivity index (χ1) is 15.6. The number of carbonyl (C=O) groups is 1. The monoisotopic (exact) mass is 465 g/mol. The number of benzene rings is 1. The van der Waals surface area contributed by atoms with Gasteiger partial charge in [-0.3, -0.25) is 14.2 Å². The van der Waals surface area contributed by atoms with E-state index in [0.29, 0.717) is 17.6 Å². The fourth-order valence-corrected chi connectivity index (χ4v) is 6.50. The SMILES string of the molecule is C=CCn1c(S[C@H](C)C(=O)N[C@@H]2CCCc3ccccc32)nc2scc(C3CC3)c2c1=O. The number of thioether (sulfide) groups is 1. The molecule has 2 atom stereocenters. The highest BCUT2D eigenvalue weighted by Gasteiger charge is 2.30. The van der Waals surface area contributed by atoms with Gasteiger partial charge in [-0.1, -0.05) is 42.1 Å². The van der Waals surface area contributed by atoms with Gasteiger partial charge in [0.25, 0.3) is 5.56 Å². The quantitative estimate of drug-likeness (QED) is 0.296. The fourth-order valence-electron chi connectivity index (χ4n) is 4.51. The van der Waals surface area contributed by atoms with Crippen LogP contribution in [0.25, 0.3) is 10.2 Å². The molecule has 0 spiro atoms. The average molecular weight is 466 g/mol. The van der Waals surface area contributed by atoms with Crippen LogP contribution in [-0.4, -0.2) is 20.7 Å². The summed E-state index contributed by atoms with van der Waals surface area (Å²) in [7, 11) is 0. The van der Waals surface area contributed by atoms with E-state index < -0.39 is 0 Å². The molecule has 1 saturated carbocycles. The molecule has 2 aromatic heterocycles. The molecule has 7 heteroatoms. The number of allylic oxidation sites excluding steroid dienone is 1. The van der Waals surface area contributed by atoms with E-state index in [-0.39, 0.29) is 22.8 Å². The molecule has 32 heavy (non-hydrogen) atoms. The number of nitrogens with one attached hydrogen (secondary N) is 1. The van der Waals surface area contributed by atoms with Crippen molar-refractivity contribution in [3.63, 3.8) is 0 Å². The highest BCUT2D eigenvalue weighted by Crippen LogP contribution is 2.44. The van der Waals surface area contributed by atoms with E-state index in [4.69, 9.17) is 4.98 Å². The molecule has 166 valence electrons. The molecule has 2 aliphatic rings. The maximum absolute atomic E-state index is 13.3. The molecule has 0 saturated heterocycles. The summed E-state index contributed by atoms with van der Waals surface area (Å²) >= 11 is 2.88. The van der Waals surface area contributed by atoms with Crippen molar-refractivity contribution in [1.29, 1.82) is 0 Å². The Morgan fingerprint density at radius 1 is 1.34 bits per heavy atom. The maximum atomic E-state index is 13.3. The van der Waals surface area contributed by atoms with Crippen LogP contribution in [0, 0.1) is 0 Å². The van der Waals surface area contributed by atoms with E-state index in [1.54, 1.807) is 10.6 Å². The van der Waals surface area contributed by atoms with E-state index in [1.165, 1.54) is 34.2 Å². The summed E-state index contributed by atoms with van der Waals surface area (Å²) in [5, 5.41) is 6.28. The molecular formula is C25H27N3O2S2. The van der Waals surface area contributed by atoms with Gasteiger partial charge in [-0.05, 0) is 67.0 Å². The van der Waals surface area contributed by atoms with Crippen molar-refractivity contribution in [2.75, 3.05) is 0 Å². The van der Waals surface area contributed by atoms with E-state index in [9.17, 15) is 9.59 Å². The van der Waals surface area contributed by atoms with Crippen molar-refractivity contribution < 1.29 is 4.79 Å². The first-order valence-corrected chi connectivity index (χ1v) is 13.0. The summed E-state index contributed by atoms with van der Waals surface area (Å²) in [6, 6.07) is 8.39. The number of thiophene rings is 1. The summed E-state index contributed by atoms with van der Waals surface area (Å²) < 4.78 is 1.66. The predicted molar refractivity (Wildman–Crippen MR) is 132 cm³/mol. The zero-order valence-corrected chi connectivity index (χ0v) is 19.8. The molecule has 5 rings (SSSR count). The Morgan fingerprint density at radius 3 is 2.94 bits per heavy atom. The van der Waals surface area contributed by atoms with Gasteiger partial charge in [0.05, 0.1) is 16.7 Å². The van der Waals surface area contributed by atoms with Gasteiger partial charge in [-0.25, -0.2) is 4.98 Å². The number of fused-ring (bicyclic) bond motifs is 2. The van der Waals surface area contributed by atoms with Gasteiger partial charge in [0.2, 0.25) is 5.91 Å². The molecule has 0 bridgehead atoms. The molecule has 2 aliphatic carbocycles. The van der Waals surface area contributed by atoms with E-state index in [1.807, 2.05) is 13.0 Å². The standard InChI is InChI=1S/C25H27N3O2S2/c1-3-13-28-24(30)21-19(17-11-12-17)14-31-23(21)27-25(28)32-15(2)22(29)26-20-10-6-8-16-7-4-5-9-18(16)20/h3-5,7,9,14-15,17,20H,1,6,8,10-13H2,2H3,(H,26,29)/t15-,20-/m1/s1. The minimum atomic E-state index is -0.368. The number of carbonyl (C=O) groups excluding carboxylic acids is 1. The van der Waals surface area contributed by atoms with Crippen LogP contribution in [0.5, 0.6) is 0 Å². The summed E-state index contributed by atoms with van der Waals surface area (Å²) in [6.07, 6.45) is 7.09. The van der Waals surface area contributed by atoms with Crippen LogP contribution in [0.1, 0.15) is 61.3 Å². The maximum Gasteiger partial charge on any atom is 0.263 e. The Balaban J connectivity index is 1.39. The molecule has 2 heterocycles. The van der Waals surface area contributed by atoms with Crippen molar-refractivity contribution >= 4 is 39.2 Å². The zero-order chi connectivity index (χ0) is 22.2. The third-order valence-corrected chi connectivity index (χ3v) is 8.33. The second-order valence-corrected chi connectivity index (χ2v) is 10.8. The minimum absolute atomic E-state index is 0.0191. The smallest absolute Gasteiger partial charge is 0.263 e. The third-order valence-electron chi connectivity index (χ3n) is 6.35. The number of hydrogen-bond donors (Lipinski definition) is 1. The molecule has 1 fully saturated rings. The Hall–Kier alpha value is -2.38. The Kier molecular flexibility index (Phi) is 5.95. The number of nitrogens with zero attached hydrogens (tertiary/aromatic N) is 2. The molecule has 1 amide bonds. The van der Waals surface area contributed by atoms with Crippen LogP contribution >= 0.6 is 23.1 Å². The van der Waals surface area contributed by atoms with Crippen LogP contribution < -0.4 is 10.9 Å². The van der Waals surface area contributed by atoms with Gasteiger partial charge < -0.3 is 5.32 Å². The normalized spacial score (nSPS) is 18.8. The number of aryl methyl sites for hydroxylation is 1. The van der Waals surface area contributed by atoms with Gasteiger partial charge in [-0.2, -0.15) is 0 Å². The Morgan fingerprint density at radius 2 is 2.16 bits per heavy atom. The van der Waals surface area contributed by atoms with Crippen LogP contribution in [0.3, 0.4) is 0 Å². The van der Waals surface area contributed by atoms with Gasteiger partial charge in [0, 0.05) is 6.54 Å². The summed E-state index contributed by atoms with van der Waals surface area (Å²) in [5.74, 6) is 0.470. The molecule has 3 aromatic rings. The fraction of sp³-hybridized carbons (Fsp3) is 0.400. The third kappa shape index (κ3) is 4.04. The average Bonchev–Trinajstić information content (AvgIpc) is 3.56. The molecule has 1 N–H and O–H groups in total. The second-order valence-electron chi connectivity index (χ2n) is 8.66. The Labute approximate surface area is 195 Å². The lowest BCUT2D eigenvalue weighted by Crippen LogP contribution is -2.36. The number of amides is 1. The zero-order valence-electron chi connectivity index (χ0n) is 18.2. The van der Waals surface area contributed by atoms with E-state index in [0.717, 1.165) is 47.9 Å². The lowest BCUT2D eigenvalue weighted by Gasteiger charge is -2.27. The van der Waals surface area contributed by atoms with E-state index in [2.05, 4.69) is 35.5 Å². The first kappa shape index (κ1) is 21.5. The molecule has 1 aromatic carbocycles. The highest BCUT2D eigenvalue weighted by atomic mass is 32.2. The summed E-state index contributed by atoms with van der Waals surface area (Å²) in [5.41, 5.74) is 3.66. The second kappa shape index (κ2) is 8.87. The molecule has 5 nitrogen and oxygen atoms in total. The lowest BCUT2D eigenvalue weighted by molar-refractivity contribution is -0.121. The van der Waals surface area contributed by atoms with Gasteiger partial charge >= 0.3 is 0 Å². The Bertz CT molecular complexity index is 1240. The summed E-state index contributed by atoms with van der Waals surface area (Å²) in [4.78, 5) is 32.0. The van der Waals surface area contributed by atoms with Crippen LogP contribution in [-0.2, 0) is 17.8 Å².